The van der Waals surface area contributed by atoms with Gasteiger partial charge in [0.05, 0.1) is 22.8 Å². The molecule has 12 heterocycles. The number of carbonyl (C=O) groups is 4. The van der Waals surface area contributed by atoms with Crippen LogP contribution in [0.15, 0.2) is 256 Å². The Morgan fingerprint density at radius 1 is 0.374 bits per heavy atom. The lowest BCUT2D eigenvalue weighted by Crippen LogP contribution is -2.29. The van der Waals surface area contributed by atoms with Crippen LogP contribution >= 0.6 is 11.8 Å². The second-order valence-corrected chi connectivity index (χ2v) is 33.5. The highest BCUT2D eigenvalue weighted by atomic mass is 32.2. The Hall–Kier alpha value is -14.7. The Balaban J connectivity index is 0.000000141. The van der Waals surface area contributed by atoms with E-state index in [0.717, 1.165) is 117 Å². The van der Waals surface area contributed by atoms with Crippen LogP contribution in [0.5, 0.6) is 0 Å². The van der Waals surface area contributed by atoms with Crippen LogP contribution in [0.1, 0.15) is 155 Å². The van der Waals surface area contributed by atoms with Gasteiger partial charge in [0.1, 0.15) is 40.2 Å². The van der Waals surface area contributed by atoms with Crippen LogP contribution in [0.2, 0.25) is 0 Å². The van der Waals surface area contributed by atoms with Gasteiger partial charge in [-0.15, -0.1) is 0 Å². The molecule has 0 saturated carbocycles. The molecule has 4 aliphatic rings. The van der Waals surface area contributed by atoms with E-state index in [1.807, 2.05) is 143 Å². The van der Waals surface area contributed by atoms with Gasteiger partial charge in [-0.25, -0.2) is 29.9 Å². The van der Waals surface area contributed by atoms with Crippen molar-refractivity contribution in [3.8, 4) is 45.0 Å². The molecule has 30 heteroatoms. The number of pyridine rings is 6. The number of aromatic nitrogens is 10. The molecule has 0 atom stereocenters. The Labute approximate surface area is 765 Å². The fourth-order valence-electron chi connectivity index (χ4n) is 15.7. The van der Waals surface area contributed by atoms with Crippen molar-refractivity contribution in [2.75, 3.05) is 130 Å². The summed E-state index contributed by atoms with van der Waals surface area (Å²) in [4.78, 5) is 148. The number of H-pyrrole nitrogens is 4. The number of amides is 4. The van der Waals surface area contributed by atoms with E-state index < -0.39 is 0 Å². The average Bonchev–Trinajstić information content (AvgIpc) is 0.819. The third kappa shape index (κ3) is 25.9. The van der Waals surface area contributed by atoms with Crippen molar-refractivity contribution >= 4 is 92.5 Å². The third-order valence-electron chi connectivity index (χ3n) is 22.9. The summed E-state index contributed by atoms with van der Waals surface area (Å²) >= 11 is 1.44. The van der Waals surface area contributed by atoms with E-state index in [1.54, 1.807) is 110 Å². The smallest absolute Gasteiger partial charge is 0.271 e. The monoisotopic (exact) mass is 1780 g/mol. The van der Waals surface area contributed by atoms with Crippen molar-refractivity contribution in [2.24, 2.45) is 0 Å². The van der Waals surface area contributed by atoms with Gasteiger partial charge in [-0.3, -0.25) is 38.4 Å². The lowest BCUT2D eigenvalue weighted by molar-refractivity contribution is 0.101. The molecule has 0 unspecified atom stereocenters. The molecule has 131 heavy (non-hydrogen) atoms. The zero-order valence-electron chi connectivity index (χ0n) is 74.4. The predicted octanol–water partition coefficient (Wildman–Crippen LogP) is 16.9. The van der Waals surface area contributed by atoms with Gasteiger partial charge in [-0.05, 0) is 261 Å². The Morgan fingerprint density at radius 3 is 1.06 bits per heavy atom. The molecule has 0 radical (unpaired) electrons. The van der Waals surface area contributed by atoms with Gasteiger partial charge < -0.3 is 76.8 Å². The summed E-state index contributed by atoms with van der Waals surface area (Å²) in [6.45, 7) is 16.6. The summed E-state index contributed by atoms with van der Waals surface area (Å²) in [5.41, 5.74) is 13.4. The summed E-state index contributed by atoms with van der Waals surface area (Å²) in [6.07, 6.45) is 24.7. The zero-order chi connectivity index (χ0) is 91.4. The first kappa shape index (κ1) is 92.5. The number of benzene rings is 5. The molecule has 8 aromatic heterocycles. The third-order valence-corrected chi connectivity index (χ3v) is 23.5. The molecule has 4 aliphatic heterocycles. The van der Waals surface area contributed by atoms with Crippen LogP contribution in [0, 0.1) is 6.92 Å². The number of carbonyl (C=O) groups excluding carboxylic acids is 4. The number of nitrogens with one attached hydrogen (secondary N) is 11. The lowest BCUT2D eigenvalue weighted by atomic mass is 10.1. The lowest BCUT2D eigenvalue weighted by Gasteiger charge is -2.28. The van der Waals surface area contributed by atoms with Crippen molar-refractivity contribution in [1.82, 2.24) is 55.2 Å². The molecule has 0 spiro atoms. The summed E-state index contributed by atoms with van der Waals surface area (Å²) in [5, 5.41) is 21.3. The molecule has 5 aromatic carbocycles. The highest BCUT2D eigenvalue weighted by Gasteiger charge is 2.22. The first-order valence-electron chi connectivity index (χ1n) is 44.7. The van der Waals surface area contributed by atoms with Crippen LogP contribution < -0.4 is 79.1 Å². The summed E-state index contributed by atoms with van der Waals surface area (Å²) in [6, 6.07) is 61.8. The minimum Gasteiger partial charge on any atom is -0.372 e. The van der Waals surface area contributed by atoms with E-state index in [2.05, 4.69) is 119 Å². The molecule has 4 saturated heterocycles. The van der Waals surface area contributed by atoms with E-state index >= 15 is 0 Å². The van der Waals surface area contributed by atoms with Crippen LogP contribution in [-0.4, -0.2) is 152 Å². The zero-order valence-corrected chi connectivity index (χ0v) is 75.2. The maximum absolute atomic E-state index is 12.9. The molecule has 4 amide bonds. The van der Waals surface area contributed by atoms with E-state index in [-0.39, 0.29) is 74.5 Å². The molecule has 0 aliphatic carbocycles. The van der Waals surface area contributed by atoms with Gasteiger partial charge in [0.25, 0.3) is 45.9 Å². The number of aryl methyl sites for hydroxylation is 1. The molecule has 29 nitrogen and oxygen atoms in total. The maximum Gasteiger partial charge on any atom is 0.271 e. The van der Waals surface area contributed by atoms with Gasteiger partial charge in [-0.1, -0.05) is 68.1 Å². The molecular weight excluding hydrogens is 1670 g/mol. The van der Waals surface area contributed by atoms with E-state index in [4.69, 9.17) is 0 Å². The molecule has 0 bridgehead atoms. The number of aromatic amines is 4. The molecular formula is C101H111N21O8S. The summed E-state index contributed by atoms with van der Waals surface area (Å²) in [5.74, 6) is 1.10. The number of hydrogen-bond acceptors (Lipinski definition) is 22. The molecule has 13 aromatic rings. The quantitative estimate of drug-likeness (QED) is 0.0144. The first-order valence-corrected chi connectivity index (χ1v) is 46.0. The van der Waals surface area contributed by atoms with Gasteiger partial charge in [0.15, 0.2) is 5.16 Å². The van der Waals surface area contributed by atoms with Crippen LogP contribution in [-0.2, 0) is 6.54 Å². The minimum atomic E-state index is -0.365. The number of hydrogen-bond donors (Lipinski definition) is 11. The van der Waals surface area contributed by atoms with Gasteiger partial charge in [-0.2, -0.15) is 0 Å². The van der Waals surface area contributed by atoms with Crippen molar-refractivity contribution in [2.45, 2.75) is 115 Å². The second kappa shape index (κ2) is 45.9. The molecule has 4 fully saturated rings. The topological polar surface area (TPSA) is 374 Å². The second-order valence-electron chi connectivity index (χ2n) is 32.7. The van der Waals surface area contributed by atoms with E-state index in [9.17, 15) is 38.4 Å². The number of rotatable bonds is 25. The first-order chi connectivity index (χ1) is 63.8. The van der Waals surface area contributed by atoms with Crippen LogP contribution in [0.3, 0.4) is 0 Å². The summed E-state index contributed by atoms with van der Waals surface area (Å²) in [7, 11) is 1.89. The van der Waals surface area contributed by atoms with E-state index in [0.29, 0.717) is 79.0 Å². The number of anilines is 10. The number of thioether (sulfide) groups is 1. The standard InChI is InChI=1S/C29H29N5O2.C25H30N6O2.C25H29N5O2.C22H23N5O2S/c35-28(22-12-14-24(15-13-22)34-16-5-2-6-17-34)33-26-18-23(20-31-29(26)36)25-10-7-11-27(32-25)30-19-21-8-3-1-4-9-21;1-26-12-13-27-23-7-5-6-21(29-23)19-16-22(25(33)28-17-19)30-24(32)18-8-10-20(11-9-18)31-14-3-2-4-15-31;1-16(2)23-27-17(3)13-21(28-23)19-14-22(25(32)26-15-19)29-24(31)18-7-9-20(10-8-18)30-11-5-4-6-12-30;1-30-22-23-10-9-18(26-22)16-13-19(21(29)24-14-16)25-20(28)15-5-7-17(8-6-15)27-11-3-2-4-12-27/h1,3-4,7-15,18,20H,2,5-6,16-17,19H2,(H,30,32)(H,31,36)(H,33,35);5-11,16-17,26H,2-4,12-15H2,1H3,(H,27,29)(H,28,33)(H,30,32);7-10,13-16H,4-6,11-12H2,1-3H3,(H,26,32)(H,29,31);5-10,13-14H,2-4,11-12H2,1H3,(H,24,29)(H,25,28). The molecule has 11 N–H and O–H groups in total. The Kier molecular flexibility index (Phi) is 32.4. The number of likely N-dealkylation sites (N-methyl/N-ethyl adjacent to an activating group) is 1. The fraction of sp³-hybridized carbons (Fsp3) is 0.287. The van der Waals surface area contributed by atoms with Crippen molar-refractivity contribution < 1.29 is 19.2 Å². The number of piperidine rings is 4. The predicted molar refractivity (Wildman–Crippen MR) is 525 cm³/mol. The van der Waals surface area contributed by atoms with Crippen LogP contribution in [0.25, 0.3) is 45.0 Å². The summed E-state index contributed by atoms with van der Waals surface area (Å²) < 4.78 is 0. The fourth-order valence-corrected chi connectivity index (χ4v) is 16.0. The van der Waals surface area contributed by atoms with Crippen LogP contribution in [0.4, 0.5) is 57.1 Å². The Morgan fingerprint density at radius 2 is 0.718 bits per heavy atom. The van der Waals surface area contributed by atoms with Gasteiger partial charge in [0, 0.05) is 182 Å². The normalized spacial score (nSPS) is 13.6. The molecule has 17 rings (SSSR count). The highest BCUT2D eigenvalue weighted by molar-refractivity contribution is 7.98. The largest absolute Gasteiger partial charge is 0.372 e. The molecule has 674 valence electrons. The number of nitrogens with zero attached hydrogens (tertiary/aromatic N) is 10. The highest BCUT2D eigenvalue weighted by Crippen LogP contribution is 2.30. The van der Waals surface area contributed by atoms with Crippen molar-refractivity contribution in [3.63, 3.8) is 0 Å². The average molecular weight is 1780 g/mol. The van der Waals surface area contributed by atoms with Gasteiger partial charge >= 0.3 is 0 Å². The SMILES string of the molecule is CNCCNc1cccc(-c2c[nH]c(=O)c(NC(=O)c3ccc(N4CCCCC4)cc3)c2)n1.CSc1nccc(-c2c[nH]c(=O)c(NC(=O)c3ccc(N4CCCCC4)cc3)c2)n1.Cc1cc(-c2c[nH]c(=O)c(NC(=O)c3ccc(N4CCCCC4)cc3)c2)nc(C(C)C)n1.O=C(Nc1cc(-c2cccc(NCc3ccccc3)n2)c[nH]c1=O)c1ccc(N2CCCCC2)cc1. The van der Waals surface area contributed by atoms with Gasteiger partial charge in [0.2, 0.25) is 0 Å². The van der Waals surface area contributed by atoms with E-state index in [1.165, 1.54) is 88.8 Å². The van der Waals surface area contributed by atoms with Crippen molar-refractivity contribution in [3.05, 3.63) is 312 Å². The maximum atomic E-state index is 12.9. The Bertz CT molecular complexity index is 6290. The minimum absolute atomic E-state index is 0.182. The van der Waals surface area contributed by atoms with Crippen molar-refractivity contribution in [1.29, 1.82) is 0 Å².